The lowest BCUT2D eigenvalue weighted by molar-refractivity contribution is -0.122. The number of benzene rings is 2. The summed E-state index contributed by atoms with van der Waals surface area (Å²) in [5.41, 5.74) is 2.27. The molecule has 1 amide bonds. The van der Waals surface area contributed by atoms with Gasteiger partial charge in [0.05, 0.1) is 10.2 Å². The molecule has 4 aromatic rings. The standard InChI is InChI=1S/C22H16F2N4O4S/c23-22(24)31-14-4-1-11(2-5-14)12-3-6-15-16(9-12)33-21(26-15)18(29)20-28-27-17(32-20)10-13-7-8-25-19(13)30/h1-6,9,13,22H,7-8,10H2,(H,25,30)/t13-/m1/s1. The number of nitrogens with zero attached hydrogens (tertiary/aromatic N) is 3. The van der Waals surface area contributed by atoms with Crippen molar-refractivity contribution >= 4 is 33.2 Å². The second kappa shape index (κ2) is 8.66. The fourth-order valence-corrected chi connectivity index (χ4v) is 4.54. The molecule has 168 valence electrons. The van der Waals surface area contributed by atoms with E-state index in [1.807, 2.05) is 12.1 Å². The molecule has 33 heavy (non-hydrogen) atoms. The molecule has 0 unspecified atom stereocenters. The average Bonchev–Trinajstić information content (AvgIpc) is 3.53. The van der Waals surface area contributed by atoms with Gasteiger partial charge in [0, 0.05) is 18.9 Å². The SMILES string of the molecule is O=C(c1nnc(C[C@H]2CCNC2=O)o1)c1nc2ccc(-c3ccc(OC(F)F)cc3)cc2s1. The molecule has 0 radical (unpaired) electrons. The van der Waals surface area contributed by atoms with E-state index < -0.39 is 12.4 Å². The molecule has 0 saturated carbocycles. The van der Waals surface area contributed by atoms with Gasteiger partial charge in [0.1, 0.15) is 5.75 Å². The normalized spacial score (nSPS) is 15.8. The van der Waals surface area contributed by atoms with Gasteiger partial charge in [0.15, 0.2) is 5.01 Å². The first kappa shape index (κ1) is 21.1. The van der Waals surface area contributed by atoms with Gasteiger partial charge >= 0.3 is 6.61 Å². The van der Waals surface area contributed by atoms with Crippen LogP contribution in [0, 0.1) is 5.92 Å². The molecular weight excluding hydrogens is 454 g/mol. The fourth-order valence-electron chi connectivity index (χ4n) is 3.60. The van der Waals surface area contributed by atoms with Crippen LogP contribution in [-0.2, 0) is 11.2 Å². The summed E-state index contributed by atoms with van der Waals surface area (Å²) in [5.74, 6) is -0.626. The number of carbonyl (C=O) groups excluding carboxylic acids is 2. The van der Waals surface area contributed by atoms with Gasteiger partial charge in [-0.25, -0.2) is 4.98 Å². The van der Waals surface area contributed by atoms with Crippen molar-refractivity contribution in [1.82, 2.24) is 20.5 Å². The number of rotatable bonds is 7. The molecule has 1 aliphatic rings. The van der Waals surface area contributed by atoms with Crippen molar-refractivity contribution in [3.63, 3.8) is 0 Å². The molecule has 1 saturated heterocycles. The van der Waals surface area contributed by atoms with Crippen molar-refractivity contribution in [3.05, 3.63) is 59.3 Å². The Bertz CT molecular complexity index is 1340. The number of amides is 1. The lowest BCUT2D eigenvalue weighted by Gasteiger charge is -2.06. The number of thiazole rings is 1. The van der Waals surface area contributed by atoms with Gasteiger partial charge in [-0.1, -0.05) is 18.2 Å². The van der Waals surface area contributed by atoms with Crippen LogP contribution in [0.4, 0.5) is 8.78 Å². The zero-order valence-electron chi connectivity index (χ0n) is 17.0. The number of alkyl halides is 2. The topological polar surface area (TPSA) is 107 Å². The van der Waals surface area contributed by atoms with Crippen molar-refractivity contribution in [2.24, 2.45) is 5.92 Å². The molecule has 1 aliphatic heterocycles. The van der Waals surface area contributed by atoms with E-state index >= 15 is 0 Å². The van der Waals surface area contributed by atoms with E-state index in [0.29, 0.717) is 18.5 Å². The predicted octanol–water partition coefficient (Wildman–Crippen LogP) is 3.86. The lowest BCUT2D eigenvalue weighted by atomic mass is 10.0. The lowest BCUT2D eigenvalue weighted by Crippen LogP contribution is -2.20. The van der Waals surface area contributed by atoms with Crippen molar-refractivity contribution in [2.75, 3.05) is 6.54 Å². The van der Waals surface area contributed by atoms with Gasteiger partial charge in [0.2, 0.25) is 11.8 Å². The van der Waals surface area contributed by atoms with Crippen molar-refractivity contribution in [1.29, 1.82) is 0 Å². The van der Waals surface area contributed by atoms with E-state index in [-0.39, 0.29) is 40.8 Å². The smallest absolute Gasteiger partial charge is 0.387 e. The van der Waals surface area contributed by atoms with Crippen LogP contribution in [0.1, 0.15) is 28.0 Å². The summed E-state index contributed by atoms with van der Waals surface area (Å²) in [7, 11) is 0. The third-order valence-corrected chi connectivity index (χ3v) is 6.26. The quantitative estimate of drug-likeness (QED) is 0.409. The van der Waals surface area contributed by atoms with Crippen LogP contribution in [0.3, 0.4) is 0 Å². The first-order chi connectivity index (χ1) is 16.0. The van der Waals surface area contributed by atoms with Gasteiger partial charge in [0.25, 0.3) is 11.7 Å². The molecule has 1 atom stereocenters. The Morgan fingerprint density at radius 3 is 2.70 bits per heavy atom. The molecular formula is C22H16F2N4O4S. The van der Waals surface area contributed by atoms with Crippen molar-refractivity contribution in [3.8, 4) is 16.9 Å². The van der Waals surface area contributed by atoms with E-state index in [1.54, 1.807) is 18.2 Å². The molecule has 8 nitrogen and oxygen atoms in total. The highest BCUT2D eigenvalue weighted by atomic mass is 32.1. The second-order valence-corrected chi connectivity index (χ2v) is 8.45. The summed E-state index contributed by atoms with van der Waals surface area (Å²) in [6, 6.07) is 11.8. The molecule has 0 spiro atoms. The number of fused-ring (bicyclic) bond motifs is 1. The van der Waals surface area contributed by atoms with Crippen molar-refractivity contribution in [2.45, 2.75) is 19.5 Å². The average molecular weight is 470 g/mol. The number of carbonyl (C=O) groups is 2. The van der Waals surface area contributed by atoms with Gasteiger partial charge in [-0.15, -0.1) is 21.5 Å². The third kappa shape index (κ3) is 4.44. The molecule has 0 bridgehead atoms. The Balaban J connectivity index is 1.34. The summed E-state index contributed by atoms with van der Waals surface area (Å²) in [5, 5.41) is 10.7. The molecule has 2 aromatic heterocycles. The Morgan fingerprint density at radius 2 is 1.97 bits per heavy atom. The van der Waals surface area contributed by atoms with Crippen LogP contribution < -0.4 is 10.1 Å². The van der Waals surface area contributed by atoms with E-state index in [4.69, 9.17) is 4.42 Å². The number of hydrogen-bond acceptors (Lipinski definition) is 8. The van der Waals surface area contributed by atoms with Crippen molar-refractivity contribution < 1.29 is 27.5 Å². The van der Waals surface area contributed by atoms with Gasteiger partial charge < -0.3 is 14.5 Å². The first-order valence-electron chi connectivity index (χ1n) is 10.1. The van der Waals surface area contributed by atoms with E-state index in [1.165, 1.54) is 23.5 Å². The molecule has 3 heterocycles. The number of ether oxygens (including phenoxy) is 1. The summed E-state index contributed by atoms with van der Waals surface area (Å²) in [6.07, 6.45) is 0.975. The minimum atomic E-state index is -2.88. The number of aromatic nitrogens is 3. The molecule has 11 heteroatoms. The Hall–Kier alpha value is -3.73. The summed E-state index contributed by atoms with van der Waals surface area (Å²) in [4.78, 5) is 28.9. The zero-order chi connectivity index (χ0) is 22.9. The predicted molar refractivity (Wildman–Crippen MR) is 114 cm³/mol. The van der Waals surface area contributed by atoms with Crippen LogP contribution in [-0.4, -0.2) is 40.0 Å². The Morgan fingerprint density at radius 1 is 1.18 bits per heavy atom. The van der Waals surface area contributed by atoms with Gasteiger partial charge in [-0.2, -0.15) is 8.78 Å². The maximum atomic E-state index is 12.8. The van der Waals surface area contributed by atoms with Gasteiger partial charge in [-0.05, 0) is 41.8 Å². The van der Waals surface area contributed by atoms with E-state index in [9.17, 15) is 18.4 Å². The highest BCUT2D eigenvalue weighted by Crippen LogP contribution is 2.30. The highest BCUT2D eigenvalue weighted by Gasteiger charge is 2.28. The van der Waals surface area contributed by atoms with Gasteiger partial charge in [-0.3, -0.25) is 9.59 Å². The molecule has 1 N–H and O–H groups in total. The van der Waals surface area contributed by atoms with Crippen LogP contribution in [0.25, 0.3) is 21.3 Å². The number of ketones is 1. The van der Waals surface area contributed by atoms with Crippen LogP contribution in [0.5, 0.6) is 5.75 Å². The Labute approximate surface area is 189 Å². The van der Waals surface area contributed by atoms with Crippen LogP contribution in [0.2, 0.25) is 0 Å². The first-order valence-corrected chi connectivity index (χ1v) is 10.9. The maximum Gasteiger partial charge on any atom is 0.387 e. The minimum Gasteiger partial charge on any atom is -0.435 e. The van der Waals surface area contributed by atoms with Crippen LogP contribution >= 0.6 is 11.3 Å². The highest BCUT2D eigenvalue weighted by molar-refractivity contribution is 7.20. The van der Waals surface area contributed by atoms with Crippen LogP contribution in [0.15, 0.2) is 46.9 Å². The molecule has 1 fully saturated rings. The number of hydrogen-bond donors (Lipinski definition) is 1. The molecule has 2 aromatic carbocycles. The van der Waals surface area contributed by atoms with E-state index in [0.717, 1.165) is 15.8 Å². The summed E-state index contributed by atoms with van der Waals surface area (Å²) < 4.78 is 35.3. The molecule has 0 aliphatic carbocycles. The second-order valence-electron chi connectivity index (χ2n) is 7.42. The fraction of sp³-hybridized carbons (Fsp3) is 0.227. The summed E-state index contributed by atoms with van der Waals surface area (Å²) >= 11 is 1.19. The third-order valence-electron chi connectivity index (χ3n) is 5.24. The maximum absolute atomic E-state index is 12.8. The van der Waals surface area contributed by atoms with E-state index in [2.05, 4.69) is 25.2 Å². The summed E-state index contributed by atoms with van der Waals surface area (Å²) in [6.45, 7) is -2.26. The zero-order valence-corrected chi connectivity index (χ0v) is 17.8. The number of halogens is 2. The monoisotopic (exact) mass is 470 g/mol. The Kier molecular flexibility index (Phi) is 5.55. The largest absolute Gasteiger partial charge is 0.435 e. The minimum absolute atomic E-state index is 0.0563. The molecule has 5 rings (SSSR count). The number of nitrogens with one attached hydrogen (secondary N) is 1.